The van der Waals surface area contributed by atoms with Crippen LogP contribution < -0.4 is 10.6 Å². The Morgan fingerprint density at radius 1 is 1.06 bits per heavy atom. The van der Waals surface area contributed by atoms with Gasteiger partial charge in [0.05, 0.1) is 6.61 Å². The number of nitrogens with zero attached hydrogens (tertiary/aromatic N) is 1. The number of rotatable bonds is 11. The van der Waals surface area contributed by atoms with Gasteiger partial charge in [-0.2, -0.15) is 0 Å². The molecule has 4 atom stereocenters. The molecule has 32 heavy (non-hydrogen) atoms. The molecule has 178 valence electrons. The number of aliphatic carboxylic acids is 1. The highest BCUT2D eigenvalue weighted by atomic mass is 16.5. The third kappa shape index (κ3) is 7.75. The second kappa shape index (κ2) is 12.5. The van der Waals surface area contributed by atoms with Gasteiger partial charge in [0, 0.05) is 13.5 Å². The minimum Gasteiger partial charge on any atom is -0.508 e. The molecule has 0 aliphatic rings. The number of likely N-dealkylation sites (N-methyl/N-ethyl adjacent to an activating group) is 1. The summed E-state index contributed by atoms with van der Waals surface area (Å²) in [6, 6.07) is 3.04. The summed E-state index contributed by atoms with van der Waals surface area (Å²) in [4.78, 5) is 50.4. The van der Waals surface area contributed by atoms with Gasteiger partial charge in [0.2, 0.25) is 11.8 Å². The van der Waals surface area contributed by atoms with E-state index in [-0.39, 0.29) is 24.7 Å². The van der Waals surface area contributed by atoms with E-state index in [1.54, 1.807) is 26.0 Å². The van der Waals surface area contributed by atoms with E-state index < -0.39 is 42.0 Å². The predicted octanol–water partition coefficient (Wildman–Crippen LogP) is 1.51. The van der Waals surface area contributed by atoms with E-state index in [0.717, 1.165) is 4.90 Å². The summed E-state index contributed by atoms with van der Waals surface area (Å²) < 4.78 is 4.89. The summed E-state index contributed by atoms with van der Waals surface area (Å²) in [6.07, 6.45) is -0.136. The number of aromatic hydroxyl groups is 1. The monoisotopic (exact) mass is 451 g/mol. The van der Waals surface area contributed by atoms with Crippen LogP contribution in [-0.2, 0) is 25.5 Å². The number of phenolic OH excluding ortho intramolecular Hbond substituents is 1. The van der Waals surface area contributed by atoms with Crippen molar-refractivity contribution >= 4 is 23.9 Å². The largest absolute Gasteiger partial charge is 0.508 e. The van der Waals surface area contributed by atoms with Crippen LogP contribution in [-0.4, -0.2) is 70.8 Å². The predicted molar refractivity (Wildman–Crippen MR) is 117 cm³/mol. The Morgan fingerprint density at radius 3 is 2.16 bits per heavy atom. The number of amides is 3. The molecule has 10 heteroatoms. The molecular weight excluding hydrogens is 418 g/mol. The Bertz CT molecular complexity index is 797. The normalized spacial score (nSPS) is 14.4. The van der Waals surface area contributed by atoms with E-state index in [2.05, 4.69) is 10.6 Å². The van der Waals surface area contributed by atoms with Crippen LogP contribution >= 0.6 is 0 Å². The Labute approximate surface area is 187 Å². The van der Waals surface area contributed by atoms with Crippen molar-refractivity contribution in [1.82, 2.24) is 15.5 Å². The number of nitrogens with one attached hydrogen (secondary N) is 2. The van der Waals surface area contributed by atoms with Crippen LogP contribution in [0, 0.1) is 5.92 Å². The van der Waals surface area contributed by atoms with Crippen LogP contribution in [0.4, 0.5) is 4.79 Å². The zero-order chi connectivity index (χ0) is 24.4. The first-order valence-corrected chi connectivity index (χ1v) is 10.5. The number of carboxylic acid groups (broad SMARTS) is 1. The summed E-state index contributed by atoms with van der Waals surface area (Å²) in [6.45, 7) is 6.75. The minimum absolute atomic E-state index is 0.0612. The number of hydrogen-bond donors (Lipinski definition) is 4. The average molecular weight is 452 g/mol. The molecule has 0 saturated carbocycles. The van der Waals surface area contributed by atoms with E-state index in [1.807, 2.05) is 6.92 Å². The third-order valence-electron chi connectivity index (χ3n) is 5.32. The Balaban J connectivity index is 3.11. The van der Waals surface area contributed by atoms with Crippen LogP contribution in [0.5, 0.6) is 5.75 Å². The fourth-order valence-electron chi connectivity index (χ4n) is 2.90. The average Bonchev–Trinajstić information content (AvgIpc) is 2.76. The highest BCUT2D eigenvalue weighted by Gasteiger charge is 2.34. The highest BCUT2D eigenvalue weighted by Crippen LogP contribution is 2.15. The van der Waals surface area contributed by atoms with Gasteiger partial charge in [0.25, 0.3) is 0 Å². The molecule has 1 rings (SSSR count). The lowest BCUT2D eigenvalue weighted by atomic mass is 9.96. The van der Waals surface area contributed by atoms with Gasteiger partial charge in [-0.25, -0.2) is 9.59 Å². The van der Waals surface area contributed by atoms with Crippen molar-refractivity contribution in [3.05, 3.63) is 29.8 Å². The number of benzene rings is 1. The zero-order valence-corrected chi connectivity index (χ0v) is 19.1. The van der Waals surface area contributed by atoms with Crippen molar-refractivity contribution in [2.24, 2.45) is 5.92 Å². The minimum atomic E-state index is -1.16. The summed E-state index contributed by atoms with van der Waals surface area (Å²) >= 11 is 0. The molecule has 1 aromatic carbocycles. The molecule has 1 aromatic rings. The topological polar surface area (TPSA) is 145 Å². The van der Waals surface area contributed by atoms with Gasteiger partial charge < -0.3 is 30.5 Å². The van der Waals surface area contributed by atoms with E-state index >= 15 is 0 Å². The van der Waals surface area contributed by atoms with Gasteiger partial charge in [0.1, 0.15) is 23.9 Å². The van der Waals surface area contributed by atoms with Gasteiger partial charge in [-0.15, -0.1) is 0 Å². The molecular formula is C22H33N3O7. The first kappa shape index (κ1) is 26.7. The lowest BCUT2D eigenvalue weighted by Gasteiger charge is -2.31. The van der Waals surface area contributed by atoms with E-state index in [0.29, 0.717) is 12.0 Å². The molecule has 0 radical (unpaired) electrons. The Morgan fingerprint density at radius 2 is 1.66 bits per heavy atom. The maximum absolute atomic E-state index is 13.1. The Hall–Kier alpha value is -3.30. The lowest BCUT2D eigenvalue weighted by Crippen LogP contribution is -2.58. The van der Waals surface area contributed by atoms with E-state index in [4.69, 9.17) is 4.74 Å². The van der Waals surface area contributed by atoms with Gasteiger partial charge in [-0.05, 0) is 37.5 Å². The van der Waals surface area contributed by atoms with Crippen LogP contribution in [0.3, 0.4) is 0 Å². The molecule has 0 aromatic heterocycles. The number of carboxylic acids is 1. The van der Waals surface area contributed by atoms with Gasteiger partial charge in [-0.1, -0.05) is 32.4 Å². The van der Waals surface area contributed by atoms with E-state index in [9.17, 15) is 29.4 Å². The van der Waals surface area contributed by atoms with Crippen molar-refractivity contribution in [2.45, 2.75) is 58.7 Å². The maximum Gasteiger partial charge on any atom is 0.407 e. The highest BCUT2D eigenvalue weighted by molar-refractivity contribution is 5.93. The standard InChI is InChI=1S/C22H33N3O7/c1-6-13(3)18(20(28)25(5)14(4)21(29)30)24-19(27)17(23-22(31)32-7-2)12-15-8-10-16(26)11-9-15/h8-11,13-14,17-18,26H,6-7,12H2,1-5H3,(H,23,31)(H,24,27)(H,29,30)/t13-,14-,17-,18-/m0/s1. The molecule has 0 spiro atoms. The summed E-state index contributed by atoms with van der Waals surface area (Å²) in [5.74, 6) is -2.54. The van der Waals surface area contributed by atoms with Crippen molar-refractivity contribution < 1.29 is 34.1 Å². The number of ether oxygens (including phenoxy) is 1. The lowest BCUT2D eigenvalue weighted by molar-refractivity contribution is -0.150. The van der Waals surface area contributed by atoms with Crippen LogP contribution in [0.15, 0.2) is 24.3 Å². The number of phenols is 1. The van der Waals surface area contributed by atoms with Gasteiger partial charge >= 0.3 is 12.1 Å². The molecule has 0 bridgehead atoms. The smallest absolute Gasteiger partial charge is 0.407 e. The van der Waals surface area contributed by atoms with Gasteiger partial charge in [-0.3, -0.25) is 9.59 Å². The SMILES string of the molecule is CCOC(=O)N[C@@H](Cc1ccc(O)cc1)C(=O)N[C@H](C(=O)N(C)[C@@H](C)C(=O)O)[C@@H](C)CC. The van der Waals surface area contributed by atoms with Crippen molar-refractivity contribution in [3.8, 4) is 5.75 Å². The fourth-order valence-corrected chi connectivity index (χ4v) is 2.90. The summed E-state index contributed by atoms with van der Waals surface area (Å²) in [5, 5.41) is 23.9. The second-order valence-electron chi connectivity index (χ2n) is 7.62. The van der Waals surface area contributed by atoms with E-state index in [1.165, 1.54) is 26.1 Å². The molecule has 0 aliphatic carbocycles. The molecule has 10 nitrogen and oxygen atoms in total. The number of carbonyl (C=O) groups is 4. The molecule has 0 saturated heterocycles. The maximum atomic E-state index is 13.1. The number of alkyl carbamates (subject to hydrolysis) is 1. The summed E-state index contributed by atoms with van der Waals surface area (Å²) in [7, 11) is 1.37. The Kier molecular flexibility index (Phi) is 10.5. The molecule has 4 N–H and O–H groups in total. The molecule has 0 fully saturated rings. The quantitative estimate of drug-likeness (QED) is 0.399. The van der Waals surface area contributed by atoms with Crippen LogP contribution in [0.25, 0.3) is 0 Å². The first-order chi connectivity index (χ1) is 15.0. The van der Waals surface area contributed by atoms with Crippen molar-refractivity contribution in [1.29, 1.82) is 0 Å². The number of hydrogen-bond acceptors (Lipinski definition) is 6. The van der Waals surface area contributed by atoms with Crippen molar-refractivity contribution in [3.63, 3.8) is 0 Å². The van der Waals surface area contributed by atoms with Crippen LogP contribution in [0.2, 0.25) is 0 Å². The van der Waals surface area contributed by atoms with Crippen LogP contribution in [0.1, 0.15) is 39.7 Å². The number of carbonyl (C=O) groups excluding carboxylic acids is 3. The molecule has 3 amide bonds. The third-order valence-corrected chi connectivity index (χ3v) is 5.32. The van der Waals surface area contributed by atoms with Gasteiger partial charge in [0.15, 0.2) is 0 Å². The second-order valence-corrected chi connectivity index (χ2v) is 7.62. The zero-order valence-electron chi connectivity index (χ0n) is 19.1. The molecule has 0 unspecified atom stereocenters. The first-order valence-electron chi connectivity index (χ1n) is 10.5. The van der Waals surface area contributed by atoms with Crippen molar-refractivity contribution in [2.75, 3.05) is 13.7 Å². The molecule has 0 aliphatic heterocycles. The fraction of sp³-hybridized carbons (Fsp3) is 0.545. The molecule has 0 heterocycles. The summed E-state index contributed by atoms with van der Waals surface area (Å²) in [5.41, 5.74) is 0.669.